The minimum atomic E-state index is -3.23. The summed E-state index contributed by atoms with van der Waals surface area (Å²) in [6.07, 6.45) is 4.50. The highest BCUT2D eigenvalue weighted by atomic mass is 32.2. The van der Waals surface area contributed by atoms with Crippen LogP contribution in [0.3, 0.4) is 0 Å². The van der Waals surface area contributed by atoms with Gasteiger partial charge in [-0.3, -0.25) is 0 Å². The Morgan fingerprint density at radius 3 is 2.63 bits per heavy atom. The third-order valence-corrected chi connectivity index (χ3v) is 6.19. The van der Waals surface area contributed by atoms with Crippen molar-refractivity contribution in [1.29, 1.82) is 0 Å². The Morgan fingerprint density at radius 1 is 1.26 bits per heavy atom. The molecule has 0 radical (unpaired) electrons. The molecule has 27 heavy (non-hydrogen) atoms. The monoisotopic (exact) mass is 395 g/mol. The zero-order chi connectivity index (χ0) is 19.1. The number of para-hydroxylation sites is 2. The molecule has 0 aromatic heterocycles. The number of nitrogens with one attached hydrogen (secondary N) is 2. The van der Waals surface area contributed by atoms with Gasteiger partial charge in [-0.25, -0.2) is 17.9 Å². The number of likely N-dealkylation sites (tertiary alicyclic amines) is 1. The first kappa shape index (κ1) is 18.4. The number of carbonyl (C=O) groups excluding carboxylic acids is 1. The molecule has 1 aliphatic carbocycles. The van der Waals surface area contributed by atoms with E-state index in [1.807, 2.05) is 24.3 Å². The summed E-state index contributed by atoms with van der Waals surface area (Å²) >= 11 is 0. The summed E-state index contributed by atoms with van der Waals surface area (Å²) in [5.41, 5.74) is 0. The Kier molecular flexibility index (Phi) is 4.67. The van der Waals surface area contributed by atoms with Crippen molar-refractivity contribution in [3.05, 3.63) is 24.3 Å². The van der Waals surface area contributed by atoms with Crippen LogP contribution in [0.1, 0.15) is 25.7 Å². The smallest absolute Gasteiger partial charge is 0.317 e. The van der Waals surface area contributed by atoms with Gasteiger partial charge in [-0.1, -0.05) is 18.6 Å². The number of carbonyl (C=O) groups is 1. The molecule has 2 aliphatic heterocycles. The zero-order valence-electron chi connectivity index (χ0n) is 15.3. The lowest BCUT2D eigenvalue weighted by atomic mass is 10.0. The Labute approximate surface area is 159 Å². The molecule has 0 bridgehead atoms. The molecular weight excluding hydrogens is 370 g/mol. The first-order chi connectivity index (χ1) is 12.8. The van der Waals surface area contributed by atoms with Crippen LogP contribution in [0.2, 0.25) is 0 Å². The van der Waals surface area contributed by atoms with Gasteiger partial charge in [0.2, 0.25) is 10.0 Å². The van der Waals surface area contributed by atoms with E-state index < -0.39 is 15.8 Å². The molecule has 2 atom stereocenters. The SMILES string of the molecule is CS(=O)(=O)NCC1CCCC1NC(=O)N1CCC2(C1)Oc1ccccc1O2. The predicted molar refractivity (Wildman–Crippen MR) is 99.1 cm³/mol. The van der Waals surface area contributed by atoms with Gasteiger partial charge >= 0.3 is 6.03 Å². The molecule has 1 saturated carbocycles. The van der Waals surface area contributed by atoms with Gasteiger partial charge in [0.25, 0.3) is 5.79 Å². The van der Waals surface area contributed by atoms with E-state index in [1.54, 1.807) is 4.90 Å². The number of ether oxygens (including phenoxy) is 2. The minimum Gasteiger partial charge on any atom is -0.447 e. The molecule has 3 aliphatic rings. The summed E-state index contributed by atoms with van der Waals surface area (Å²) in [4.78, 5) is 14.4. The van der Waals surface area contributed by atoms with Crippen molar-refractivity contribution in [2.45, 2.75) is 37.5 Å². The van der Waals surface area contributed by atoms with E-state index in [2.05, 4.69) is 10.0 Å². The standard InChI is InChI=1S/C18H25N3O5S/c1-27(23,24)19-11-13-5-4-6-14(13)20-17(22)21-10-9-18(12-21)25-15-7-2-3-8-16(15)26-18/h2-3,7-8,13-14,19H,4-6,9-12H2,1H3,(H,20,22). The largest absolute Gasteiger partial charge is 0.447 e. The van der Waals surface area contributed by atoms with Crippen molar-refractivity contribution in [2.24, 2.45) is 5.92 Å². The van der Waals surface area contributed by atoms with Gasteiger partial charge in [-0.2, -0.15) is 0 Å². The van der Waals surface area contributed by atoms with Crippen LogP contribution in [-0.2, 0) is 10.0 Å². The molecule has 1 aromatic carbocycles. The zero-order valence-corrected chi connectivity index (χ0v) is 16.1. The third-order valence-electron chi connectivity index (χ3n) is 5.50. The number of benzene rings is 1. The van der Waals surface area contributed by atoms with Crippen LogP contribution in [0, 0.1) is 5.92 Å². The van der Waals surface area contributed by atoms with Gasteiger partial charge in [0.05, 0.1) is 12.8 Å². The van der Waals surface area contributed by atoms with Crippen molar-refractivity contribution >= 4 is 16.1 Å². The van der Waals surface area contributed by atoms with E-state index in [1.165, 1.54) is 0 Å². The molecule has 2 unspecified atom stereocenters. The van der Waals surface area contributed by atoms with Gasteiger partial charge in [-0.05, 0) is 30.9 Å². The first-order valence-electron chi connectivity index (χ1n) is 9.31. The summed E-state index contributed by atoms with van der Waals surface area (Å²) < 4.78 is 37.2. The van der Waals surface area contributed by atoms with Crippen LogP contribution in [-0.4, -0.2) is 57.1 Å². The Bertz CT molecular complexity index is 803. The first-order valence-corrected chi connectivity index (χ1v) is 11.2. The van der Waals surface area contributed by atoms with E-state index in [0.717, 1.165) is 25.5 Å². The van der Waals surface area contributed by atoms with E-state index >= 15 is 0 Å². The van der Waals surface area contributed by atoms with Gasteiger partial charge in [0.1, 0.15) is 0 Å². The highest BCUT2D eigenvalue weighted by Gasteiger charge is 2.49. The fourth-order valence-corrected chi connectivity index (χ4v) is 4.63. The van der Waals surface area contributed by atoms with Gasteiger partial charge < -0.3 is 19.7 Å². The number of rotatable bonds is 4. The maximum Gasteiger partial charge on any atom is 0.317 e. The number of amides is 2. The summed E-state index contributed by atoms with van der Waals surface area (Å²) in [5.74, 6) is 0.738. The Morgan fingerprint density at radius 2 is 1.96 bits per heavy atom. The lowest BCUT2D eigenvalue weighted by Crippen LogP contribution is -2.49. The summed E-state index contributed by atoms with van der Waals surface area (Å²) in [7, 11) is -3.23. The normalized spacial score (nSPS) is 25.9. The Balaban J connectivity index is 1.33. The van der Waals surface area contributed by atoms with Crippen molar-refractivity contribution < 1.29 is 22.7 Å². The highest BCUT2D eigenvalue weighted by Crippen LogP contribution is 2.42. The summed E-state index contributed by atoms with van der Waals surface area (Å²) in [6.45, 7) is 1.28. The number of hydrogen-bond acceptors (Lipinski definition) is 5. The average Bonchev–Trinajstić information content (AvgIpc) is 3.31. The lowest BCUT2D eigenvalue weighted by molar-refractivity contribution is -0.0650. The summed E-state index contributed by atoms with van der Waals surface area (Å²) in [6, 6.07) is 7.35. The fourth-order valence-electron chi connectivity index (χ4n) is 4.11. The minimum absolute atomic E-state index is 0.0223. The van der Waals surface area contributed by atoms with Gasteiger partial charge in [-0.15, -0.1) is 0 Å². The predicted octanol–water partition coefficient (Wildman–Crippen LogP) is 1.29. The van der Waals surface area contributed by atoms with Crippen LogP contribution in [0.4, 0.5) is 4.79 Å². The van der Waals surface area contributed by atoms with Crippen LogP contribution in [0.15, 0.2) is 24.3 Å². The van der Waals surface area contributed by atoms with Crippen molar-refractivity contribution in [2.75, 3.05) is 25.9 Å². The number of hydrogen-bond donors (Lipinski definition) is 2. The van der Waals surface area contributed by atoms with Crippen LogP contribution in [0.5, 0.6) is 11.5 Å². The molecule has 148 valence electrons. The van der Waals surface area contributed by atoms with E-state index in [4.69, 9.17) is 9.47 Å². The van der Waals surface area contributed by atoms with Crippen LogP contribution >= 0.6 is 0 Å². The maximum absolute atomic E-state index is 12.7. The second kappa shape index (κ2) is 6.87. The summed E-state index contributed by atoms with van der Waals surface area (Å²) in [5, 5.41) is 3.08. The van der Waals surface area contributed by atoms with Gasteiger partial charge in [0, 0.05) is 25.6 Å². The number of fused-ring (bicyclic) bond motifs is 1. The van der Waals surface area contributed by atoms with Crippen LogP contribution < -0.4 is 19.5 Å². The van der Waals surface area contributed by atoms with Crippen molar-refractivity contribution in [3.63, 3.8) is 0 Å². The molecule has 1 saturated heterocycles. The van der Waals surface area contributed by atoms with Crippen molar-refractivity contribution in [1.82, 2.24) is 14.9 Å². The van der Waals surface area contributed by atoms with Crippen molar-refractivity contribution in [3.8, 4) is 11.5 Å². The van der Waals surface area contributed by atoms with E-state index in [0.29, 0.717) is 37.6 Å². The topological polar surface area (TPSA) is 97.0 Å². The second-order valence-corrected chi connectivity index (χ2v) is 9.43. The molecule has 2 heterocycles. The number of sulfonamides is 1. The van der Waals surface area contributed by atoms with E-state index in [-0.39, 0.29) is 18.0 Å². The quantitative estimate of drug-likeness (QED) is 0.801. The molecule has 1 aromatic rings. The molecular formula is C18H25N3O5S. The molecule has 2 N–H and O–H groups in total. The third kappa shape index (κ3) is 3.98. The molecule has 4 rings (SSSR count). The average molecular weight is 395 g/mol. The van der Waals surface area contributed by atoms with E-state index in [9.17, 15) is 13.2 Å². The number of nitrogens with zero attached hydrogens (tertiary/aromatic N) is 1. The highest BCUT2D eigenvalue weighted by molar-refractivity contribution is 7.88. The molecule has 2 amide bonds. The second-order valence-electron chi connectivity index (χ2n) is 7.60. The molecule has 8 nitrogen and oxygen atoms in total. The van der Waals surface area contributed by atoms with Gasteiger partial charge in [0.15, 0.2) is 11.5 Å². The molecule has 9 heteroatoms. The molecule has 2 fully saturated rings. The van der Waals surface area contributed by atoms with Crippen LogP contribution in [0.25, 0.3) is 0 Å². The fraction of sp³-hybridized carbons (Fsp3) is 0.611. The maximum atomic E-state index is 12.7. The Hall–Kier alpha value is -2.00. The lowest BCUT2D eigenvalue weighted by Gasteiger charge is -2.26. The number of urea groups is 1. The molecule has 1 spiro atoms.